The number of amides is 3. The predicted octanol–water partition coefficient (Wildman–Crippen LogP) is 5.86. The Morgan fingerprint density at radius 1 is 0.806 bits per heavy atom. The molecule has 5 nitrogen and oxygen atoms in total. The molecule has 0 radical (unpaired) electrons. The average molecular weight is 486 g/mol. The number of alkyl halides is 3. The van der Waals surface area contributed by atoms with Gasteiger partial charge in [0.05, 0.1) is 11.3 Å². The van der Waals surface area contributed by atoms with Crippen LogP contribution in [0.25, 0.3) is 10.8 Å². The lowest BCUT2D eigenvalue weighted by Crippen LogP contribution is -2.40. The highest BCUT2D eigenvalue weighted by atomic mass is 19.4. The standard InChI is InChI=1S/C28H17F3N2O3/c29-28(30,31)17-6-3-7-18(15-17)33-26(35)21-9-4-8-19-20(11-12-22(24(19)21)27(33)36)25(34)32-14-13-16-5-1-2-10-23(16)32/h1-12,15H,13-14H2. The molecule has 2 heterocycles. The average Bonchev–Trinajstić information content (AvgIpc) is 3.30. The minimum atomic E-state index is -4.63. The van der Waals surface area contributed by atoms with Gasteiger partial charge in [-0.15, -0.1) is 0 Å². The van der Waals surface area contributed by atoms with Crippen LogP contribution in [-0.2, 0) is 12.6 Å². The number of halogens is 3. The van der Waals surface area contributed by atoms with E-state index in [4.69, 9.17) is 0 Å². The maximum Gasteiger partial charge on any atom is 0.416 e. The molecule has 4 aromatic rings. The Hall–Kier alpha value is -4.46. The number of benzene rings is 4. The number of hydrogen-bond acceptors (Lipinski definition) is 3. The minimum Gasteiger partial charge on any atom is -0.308 e. The molecule has 0 spiro atoms. The van der Waals surface area contributed by atoms with Gasteiger partial charge in [-0.3, -0.25) is 14.4 Å². The molecule has 0 saturated carbocycles. The van der Waals surface area contributed by atoms with Gasteiger partial charge in [0, 0.05) is 34.3 Å². The highest BCUT2D eigenvalue weighted by Gasteiger charge is 2.37. The number of fused-ring (bicyclic) bond motifs is 1. The summed E-state index contributed by atoms with van der Waals surface area (Å²) in [6.07, 6.45) is -3.90. The van der Waals surface area contributed by atoms with E-state index in [1.165, 1.54) is 18.2 Å². The van der Waals surface area contributed by atoms with E-state index >= 15 is 0 Å². The summed E-state index contributed by atoms with van der Waals surface area (Å²) in [7, 11) is 0. The van der Waals surface area contributed by atoms with Gasteiger partial charge >= 0.3 is 6.18 Å². The molecule has 4 aromatic carbocycles. The fraction of sp³-hybridized carbons (Fsp3) is 0.107. The molecule has 2 aliphatic heterocycles. The molecule has 6 rings (SSSR count). The molecule has 0 aromatic heterocycles. The Kier molecular flexibility index (Phi) is 4.76. The maximum absolute atomic E-state index is 13.6. The molecule has 3 amide bonds. The van der Waals surface area contributed by atoms with E-state index in [0.717, 1.165) is 40.8 Å². The summed E-state index contributed by atoms with van der Waals surface area (Å²) in [6, 6.07) is 19.6. The van der Waals surface area contributed by atoms with Crippen LogP contribution >= 0.6 is 0 Å². The molecule has 0 fully saturated rings. The second-order valence-electron chi connectivity index (χ2n) is 8.72. The normalized spacial score (nSPS) is 15.0. The number of para-hydroxylation sites is 1. The Morgan fingerprint density at radius 3 is 2.31 bits per heavy atom. The summed E-state index contributed by atoms with van der Waals surface area (Å²) in [5.41, 5.74) is 1.40. The quantitative estimate of drug-likeness (QED) is 0.334. The van der Waals surface area contributed by atoms with E-state index < -0.39 is 23.6 Å². The van der Waals surface area contributed by atoms with Gasteiger partial charge in [0.1, 0.15) is 0 Å². The van der Waals surface area contributed by atoms with Gasteiger partial charge in [-0.2, -0.15) is 13.2 Å². The second-order valence-corrected chi connectivity index (χ2v) is 8.72. The third-order valence-electron chi connectivity index (χ3n) is 6.70. The van der Waals surface area contributed by atoms with Gasteiger partial charge in [0.15, 0.2) is 0 Å². The molecule has 178 valence electrons. The van der Waals surface area contributed by atoms with Crippen LogP contribution in [0.5, 0.6) is 0 Å². The van der Waals surface area contributed by atoms with Gasteiger partial charge in [0.2, 0.25) is 0 Å². The van der Waals surface area contributed by atoms with Crippen LogP contribution in [0.1, 0.15) is 42.2 Å². The fourth-order valence-corrected chi connectivity index (χ4v) is 5.03. The third-order valence-corrected chi connectivity index (χ3v) is 6.70. The van der Waals surface area contributed by atoms with Crippen LogP contribution in [0.15, 0.2) is 78.9 Å². The van der Waals surface area contributed by atoms with Crippen molar-refractivity contribution in [3.8, 4) is 0 Å². The van der Waals surface area contributed by atoms with Crippen molar-refractivity contribution in [1.82, 2.24) is 0 Å². The number of carbonyl (C=O) groups is 3. The number of rotatable bonds is 2. The fourth-order valence-electron chi connectivity index (χ4n) is 5.03. The lowest BCUT2D eigenvalue weighted by Gasteiger charge is -2.28. The van der Waals surface area contributed by atoms with E-state index in [9.17, 15) is 27.6 Å². The van der Waals surface area contributed by atoms with Crippen molar-refractivity contribution in [3.05, 3.63) is 107 Å². The van der Waals surface area contributed by atoms with Crippen molar-refractivity contribution < 1.29 is 27.6 Å². The summed E-state index contributed by atoms with van der Waals surface area (Å²) in [4.78, 5) is 42.8. The maximum atomic E-state index is 13.6. The smallest absolute Gasteiger partial charge is 0.308 e. The summed E-state index contributed by atoms with van der Waals surface area (Å²) >= 11 is 0. The molecule has 0 saturated heterocycles. The zero-order valence-corrected chi connectivity index (χ0v) is 18.7. The minimum absolute atomic E-state index is 0.149. The van der Waals surface area contributed by atoms with Crippen LogP contribution < -0.4 is 9.80 Å². The van der Waals surface area contributed by atoms with Gasteiger partial charge < -0.3 is 4.90 Å². The van der Waals surface area contributed by atoms with Crippen molar-refractivity contribution in [2.24, 2.45) is 0 Å². The van der Waals surface area contributed by atoms with Crippen molar-refractivity contribution in [2.75, 3.05) is 16.3 Å². The highest BCUT2D eigenvalue weighted by Crippen LogP contribution is 2.38. The molecule has 0 N–H and O–H groups in total. The van der Waals surface area contributed by atoms with Crippen molar-refractivity contribution in [3.63, 3.8) is 0 Å². The van der Waals surface area contributed by atoms with Crippen molar-refractivity contribution in [2.45, 2.75) is 12.6 Å². The van der Waals surface area contributed by atoms with Gasteiger partial charge in [0.25, 0.3) is 17.7 Å². The van der Waals surface area contributed by atoms with Crippen LogP contribution in [0.4, 0.5) is 24.5 Å². The molecule has 2 aliphatic rings. The van der Waals surface area contributed by atoms with Crippen LogP contribution in [-0.4, -0.2) is 24.3 Å². The lowest BCUT2D eigenvalue weighted by molar-refractivity contribution is -0.137. The topological polar surface area (TPSA) is 57.7 Å². The molecular formula is C28H17F3N2O3. The number of nitrogens with zero attached hydrogens (tertiary/aromatic N) is 2. The van der Waals surface area contributed by atoms with E-state index in [0.29, 0.717) is 22.9 Å². The van der Waals surface area contributed by atoms with Crippen molar-refractivity contribution >= 4 is 39.9 Å². The van der Waals surface area contributed by atoms with Gasteiger partial charge in [-0.25, -0.2) is 4.90 Å². The van der Waals surface area contributed by atoms with E-state index in [2.05, 4.69) is 0 Å². The monoisotopic (exact) mass is 486 g/mol. The van der Waals surface area contributed by atoms with Gasteiger partial charge in [-0.1, -0.05) is 36.4 Å². The second kappa shape index (κ2) is 7.78. The zero-order valence-electron chi connectivity index (χ0n) is 18.7. The highest BCUT2D eigenvalue weighted by molar-refractivity contribution is 6.37. The van der Waals surface area contributed by atoms with Crippen molar-refractivity contribution in [1.29, 1.82) is 0 Å². The largest absolute Gasteiger partial charge is 0.416 e. The first-order valence-electron chi connectivity index (χ1n) is 11.3. The molecule has 0 atom stereocenters. The first kappa shape index (κ1) is 22.0. The number of imide groups is 1. The van der Waals surface area contributed by atoms with Gasteiger partial charge in [-0.05, 0) is 59.8 Å². The van der Waals surface area contributed by atoms with E-state index in [-0.39, 0.29) is 22.7 Å². The zero-order chi connectivity index (χ0) is 25.2. The van der Waals surface area contributed by atoms with E-state index in [1.54, 1.807) is 23.1 Å². The Labute approximate surface area is 203 Å². The molecule has 0 aliphatic carbocycles. The predicted molar refractivity (Wildman–Crippen MR) is 128 cm³/mol. The van der Waals surface area contributed by atoms with Crippen LogP contribution in [0.2, 0.25) is 0 Å². The van der Waals surface area contributed by atoms with Crippen LogP contribution in [0, 0.1) is 0 Å². The third kappa shape index (κ3) is 3.21. The lowest BCUT2D eigenvalue weighted by atomic mass is 9.90. The molecular weight excluding hydrogens is 469 g/mol. The molecule has 36 heavy (non-hydrogen) atoms. The van der Waals surface area contributed by atoms with Crippen LogP contribution in [0.3, 0.4) is 0 Å². The molecule has 0 bridgehead atoms. The Bertz CT molecular complexity index is 1590. The summed E-state index contributed by atoms with van der Waals surface area (Å²) in [6.45, 7) is 0.516. The summed E-state index contributed by atoms with van der Waals surface area (Å²) in [5, 5.41) is 0.777. The number of anilines is 2. The molecule has 0 unspecified atom stereocenters. The molecule has 8 heteroatoms. The van der Waals surface area contributed by atoms with E-state index in [1.807, 2.05) is 24.3 Å². The Morgan fingerprint density at radius 2 is 1.53 bits per heavy atom. The SMILES string of the molecule is O=C(c1ccc2c3c(cccc13)C(=O)N(c1cccc(C(F)(F)F)c1)C2=O)N1CCc2ccccc21. The number of carbonyl (C=O) groups excluding carboxylic acids is 3. The first-order valence-corrected chi connectivity index (χ1v) is 11.3. The first-order chi connectivity index (χ1) is 17.3. The summed E-state index contributed by atoms with van der Waals surface area (Å²) in [5.74, 6) is -1.73. The summed E-state index contributed by atoms with van der Waals surface area (Å²) < 4.78 is 39.8. The Balaban J connectivity index is 1.46. The number of hydrogen-bond donors (Lipinski definition) is 0.